The molecule has 0 spiro atoms. The normalized spacial score (nSPS) is 12.5. The Morgan fingerprint density at radius 3 is 1.45 bits per heavy atom. The molecule has 0 aliphatic heterocycles. The number of carbonyl (C=O) groups is 2. The van der Waals surface area contributed by atoms with Crippen molar-refractivity contribution in [1.82, 2.24) is 20.9 Å². The zero-order valence-corrected chi connectivity index (χ0v) is 33.3. The lowest BCUT2D eigenvalue weighted by molar-refractivity contribution is -0.325. The highest BCUT2D eigenvalue weighted by Crippen LogP contribution is 2.14. The highest BCUT2D eigenvalue weighted by molar-refractivity contribution is 5.98. The third kappa shape index (κ3) is 22.6. The fourth-order valence-electron chi connectivity index (χ4n) is 3.88. The lowest BCUT2D eigenvalue weighted by atomic mass is 9.95. The minimum Gasteiger partial charge on any atom is -0.386 e. The summed E-state index contributed by atoms with van der Waals surface area (Å²) < 4.78 is 0. The Bertz CT molecular complexity index is 1370. The van der Waals surface area contributed by atoms with Gasteiger partial charge in [0, 0.05) is 42.2 Å². The topological polar surface area (TPSA) is 245 Å². The van der Waals surface area contributed by atoms with Crippen molar-refractivity contribution in [3.8, 4) is 0 Å². The van der Waals surface area contributed by atoms with E-state index in [2.05, 4.69) is 64.1 Å². The summed E-state index contributed by atoms with van der Waals surface area (Å²) in [5.74, 6) is 0.411. The number of carbonyl (C=O) groups excluding carboxylic acids is 2. The van der Waals surface area contributed by atoms with Crippen molar-refractivity contribution in [3.05, 3.63) is 70.8 Å². The molecule has 53 heavy (non-hydrogen) atoms. The van der Waals surface area contributed by atoms with Crippen LogP contribution >= 0.6 is 0 Å². The van der Waals surface area contributed by atoms with Crippen molar-refractivity contribution < 1.29 is 19.4 Å². The molecule has 0 heterocycles. The first kappa shape index (κ1) is 48.1. The van der Waals surface area contributed by atoms with E-state index in [1.807, 2.05) is 52.0 Å². The van der Waals surface area contributed by atoms with Crippen LogP contribution in [0.15, 0.2) is 68.9 Å². The quantitative estimate of drug-likeness (QED) is 0.0261. The van der Waals surface area contributed by atoms with Gasteiger partial charge in [-0.25, -0.2) is 9.78 Å². The molecule has 11 N–H and O–H groups in total. The fourth-order valence-corrected chi connectivity index (χ4v) is 3.88. The molecule has 0 aliphatic carbocycles. The van der Waals surface area contributed by atoms with Crippen LogP contribution in [0.4, 0.5) is 0 Å². The van der Waals surface area contributed by atoms with Gasteiger partial charge in [-0.3, -0.25) is 14.5 Å². The number of hydrogen-bond acceptors (Lipinski definition) is 10. The van der Waals surface area contributed by atoms with Gasteiger partial charge in [0.2, 0.25) is 11.8 Å². The number of amidine groups is 4. The second-order valence-electron chi connectivity index (χ2n) is 12.6. The lowest BCUT2D eigenvalue weighted by Crippen LogP contribution is -2.44. The van der Waals surface area contributed by atoms with Crippen molar-refractivity contribution in [2.75, 3.05) is 33.0 Å². The number of rotatable bonds is 20. The molecule has 0 aliphatic rings. The van der Waals surface area contributed by atoms with E-state index in [-0.39, 0.29) is 61.8 Å². The molecular formula is C37H64N12O4. The van der Waals surface area contributed by atoms with Crippen LogP contribution in [-0.4, -0.2) is 79.1 Å². The molecule has 16 heteroatoms. The molecule has 0 saturated heterocycles. The van der Waals surface area contributed by atoms with E-state index >= 15 is 0 Å². The van der Waals surface area contributed by atoms with Gasteiger partial charge < -0.3 is 38.9 Å². The summed E-state index contributed by atoms with van der Waals surface area (Å²) in [7, 11) is 0. The largest absolute Gasteiger partial charge is 0.386 e. The summed E-state index contributed by atoms with van der Waals surface area (Å²) in [6.45, 7) is 20.7. The van der Waals surface area contributed by atoms with E-state index in [9.17, 15) is 9.59 Å². The van der Waals surface area contributed by atoms with Gasteiger partial charge in [-0.15, -0.1) is 20.4 Å². The average molecular weight is 741 g/mol. The van der Waals surface area contributed by atoms with Gasteiger partial charge in [0.1, 0.15) is 18.4 Å². The van der Waals surface area contributed by atoms with E-state index < -0.39 is 0 Å². The number of benzene rings is 2. The Morgan fingerprint density at radius 2 is 1.09 bits per heavy atom. The summed E-state index contributed by atoms with van der Waals surface area (Å²) in [4.78, 5) is 38.4. The summed E-state index contributed by atoms with van der Waals surface area (Å²) in [6, 6.07) is 14.7. The third-order valence-corrected chi connectivity index (χ3v) is 6.60. The predicted octanol–water partition coefficient (Wildman–Crippen LogP) is 2.90. The van der Waals surface area contributed by atoms with Crippen LogP contribution in [0.5, 0.6) is 0 Å². The molecule has 2 amide bonds. The van der Waals surface area contributed by atoms with E-state index in [1.54, 1.807) is 43.0 Å². The van der Waals surface area contributed by atoms with Gasteiger partial charge in [0.25, 0.3) is 0 Å². The molecule has 0 radical (unpaired) electrons. The standard InChI is InChI=1S/C33H52N12O4.2C2H6/c1-22(2)40-19-33(5,6)20-48-49-21-45(17-29(46)38-15-25-7-11-27(12-8-25)31(36)43-41-23(3)34)18-30(47)39-16-26-9-13-28(14-10-26)32(37)44-42-24(4)35;2*1-2/h7-14,22,40H,15-21H2,1-6H3,(H2,34,41)(H2,35,42)(H2,36,43)(H2,37,44)(H,38,46)(H,39,47);2*1-2H3. The SMILES string of the molecule is C/C(N)=N/N=C(\N)c1ccc(CNC(=O)CN(COOCC(C)(C)CNC(C)C)CC(=O)NCc2ccc(/C(N)=N/N=C(/C)N)cc2)cc1.CC.CC. The summed E-state index contributed by atoms with van der Waals surface area (Å²) in [5, 5.41) is 24.4. The molecule has 16 nitrogen and oxygen atoms in total. The van der Waals surface area contributed by atoms with Crippen LogP contribution in [-0.2, 0) is 32.5 Å². The molecule has 0 bridgehead atoms. The van der Waals surface area contributed by atoms with E-state index in [1.165, 1.54) is 0 Å². The highest BCUT2D eigenvalue weighted by atomic mass is 17.2. The van der Waals surface area contributed by atoms with Crippen LogP contribution in [0, 0.1) is 5.41 Å². The molecule has 0 fully saturated rings. The molecule has 2 rings (SSSR count). The molecule has 0 atom stereocenters. The first-order valence-electron chi connectivity index (χ1n) is 17.8. The van der Waals surface area contributed by atoms with Gasteiger partial charge in [-0.1, -0.05) is 104 Å². The first-order valence-corrected chi connectivity index (χ1v) is 17.8. The van der Waals surface area contributed by atoms with Crippen LogP contribution in [0.3, 0.4) is 0 Å². The molecule has 2 aromatic carbocycles. The second-order valence-corrected chi connectivity index (χ2v) is 12.6. The number of nitrogens with two attached hydrogens (primary N) is 4. The number of hydrogen-bond donors (Lipinski definition) is 7. The molecule has 0 unspecified atom stereocenters. The second kappa shape index (κ2) is 26.8. The Morgan fingerprint density at radius 1 is 0.698 bits per heavy atom. The van der Waals surface area contributed by atoms with E-state index in [4.69, 9.17) is 32.7 Å². The Kier molecular flexibility index (Phi) is 24.3. The predicted molar refractivity (Wildman–Crippen MR) is 216 cm³/mol. The average Bonchev–Trinajstić information content (AvgIpc) is 3.14. The van der Waals surface area contributed by atoms with Crippen molar-refractivity contribution in [2.45, 2.75) is 88.4 Å². The zero-order valence-electron chi connectivity index (χ0n) is 33.3. The molecule has 296 valence electrons. The highest BCUT2D eigenvalue weighted by Gasteiger charge is 2.20. The Balaban J connectivity index is 0.00000652. The summed E-state index contributed by atoms with van der Waals surface area (Å²) >= 11 is 0. The maximum absolute atomic E-state index is 12.9. The maximum Gasteiger partial charge on any atom is 0.234 e. The summed E-state index contributed by atoms with van der Waals surface area (Å²) in [5.41, 5.74) is 25.7. The van der Waals surface area contributed by atoms with Crippen LogP contribution < -0.4 is 38.9 Å². The van der Waals surface area contributed by atoms with E-state index in [0.717, 1.165) is 17.7 Å². The smallest absolute Gasteiger partial charge is 0.234 e. The monoisotopic (exact) mass is 741 g/mol. The third-order valence-electron chi connectivity index (χ3n) is 6.60. The van der Waals surface area contributed by atoms with Crippen molar-refractivity contribution >= 4 is 35.2 Å². The fraction of sp³-hybridized carbons (Fsp3) is 0.514. The number of amides is 2. The Labute approximate surface area is 315 Å². The lowest BCUT2D eigenvalue weighted by Gasteiger charge is -2.26. The first-order chi connectivity index (χ1) is 25.1. The minimum absolute atomic E-state index is 0.106. The maximum atomic E-state index is 12.9. The minimum atomic E-state index is -0.306. The molecule has 0 aromatic heterocycles. The molecular weight excluding hydrogens is 676 g/mol. The van der Waals surface area contributed by atoms with Gasteiger partial charge in [-0.2, -0.15) is 0 Å². The Hall–Kier alpha value is -4.90. The van der Waals surface area contributed by atoms with E-state index in [0.29, 0.717) is 35.4 Å². The van der Waals surface area contributed by atoms with Crippen molar-refractivity contribution in [1.29, 1.82) is 0 Å². The van der Waals surface area contributed by atoms with Gasteiger partial charge in [-0.05, 0) is 25.0 Å². The van der Waals surface area contributed by atoms with Gasteiger partial charge in [0.05, 0.1) is 19.7 Å². The van der Waals surface area contributed by atoms with Crippen LogP contribution in [0.25, 0.3) is 0 Å². The van der Waals surface area contributed by atoms with Crippen molar-refractivity contribution in [3.63, 3.8) is 0 Å². The number of nitrogens with zero attached hydrogens (tertiary/aromatic N) is 5. The van der Waals surface area contributed by atoms with Crippen molar-refractivity contribution in [2.24, 2.45) is 48.8 Å². The zero-order chi connectivity index (χ0) is 40.4. The van der Waals surface area contributed by atoms with Crippen LogP contribution in [0.2, 0.25) is 0 Å². The summed E-state index contributed by atoms with van der Waals surface area (Å²) in [6.07, 6.45) is 0. The molecule has 2 aromatic rings. The van der Waals surface area contributed by atoms with Crippen LogP contribution in [0.1, 0.15) is 91.5 Å². The van der Waals surface area contributed by atoms with Gasteiger partial charge in [0.15, 0.2) is 11.7 Å². The molecule has 0 saturated carbocycles. The number of nitrogens with one attached hydrogen (secondary N) is 3. The van der Waals surface area contributed by atoms with Gasteiger partial charge >= 0.3 is 0 Å².